The molecule has 0 saturated heterocycles. The van der Waals surface area contributed by atoms with Crippen molar-refractivity contribution in [3.8, 4) is 0 Å². The molecule has 0 bridgehead atoms. The van der Waals surface area contributed by atoms with Crippen molar-refractivity contribution in [2.24, 2.45) is 0 Å². The fraction of sp³-hybridized carbons (Fsp3) is 0.900. The van der Waals surface area contributed by atoms with Gasteiger partial charge in [0, 0.05) is 12.8 Å². The van der Waals surface area contributed by atoms with Crippen LogP contribution >= 0.6 is 0 Å². The fourth-order valence-corrected chi connectivity index (χ4v) is 13.7. The minimum Gasteiger partial charge on any atom is -0.477 e. The number of rotatable bonds is 84. The van der Waals surface area contributed by atoms with E-state index in [0.29, 0.717) is 17.4 Å². The van der Waals surface area contributed by atoms with E-state index in [9.17, 15) is 19.5 Å². The maximum atomic E-state index is 13.0. The lowest BCUT2D eigenvalue weighted by molar-refractivity contribution is -0.870. The molecule has 9 heteroatoms. The first-order chi connectivity index (χ1) is 48.6. The number of likely N-dealkylation sites (N-methyl/N-ethyl adjacent to an activating group) is 1. The number of esters is 2. The molecule has 0 aliphatic carbocycles. The van der Waals surface area contributed by atoms with Gasteiger partial charge in [-0.05, 0) is 51.4 Å². The van der Waals surface area contributed by atoms with E-state index in [1.165, 1.54) is 385 Å². The smallest absolute Gasteiger partial charge is 0.361 e. The number of carboxylic acids is 1. The van der Waals surface area contributed by atoms with Crippen LogP contribution in [0.4, 0.5) is 0 Å². The van der Waals surface area contributed by atoms with Crippen LogP contribution in [0.1, 0.15) is 463 Å². The van der Waals surface area contributed by atoms with Gasteiger partial charge in [0.05, 0.1) is 34.4 Å². The maximum absolute atomic E-state index is 13.0. The molecule has 99 heavy (non-hydrogen) atoms. The second-order valence-corrected chi connectivity index (χ2v) is 31.6. The third-order valence-corrected chi connectivity index (χ3v) is 20.4. The van der Waals surface area contributed by atoms with Crippen molar-refractivity contribution in [1.29, 1.82) is 0 Å². The summed E-state index contributed by atoms with van der Waals surface area (Å²) in [5.41, 5.74) is 0. The molecular formula is C90H172NO8+. The third-order valence-electron chi connectivity index (χ3n) is 20.4. The summed E-state index contributed by atoms with van der Waals surface area (Å²) in [6.07, 6.45) is 103. The van der Waals surface area contributed by atoms with Crippen LogP contribution < -0.4 is 0 Å². The number of carboxylic acid groups (broad SMARTS) is 1. The molecule has 1 N–H and O–H groups in total. The van der Waals surface area contributed by atoms with Gasteiger partial charge in [-0.1, -0.05) is 436 Å². The van der Waals surface area contributed by atoms with Crippen molar-refractivity contribution in [1.82, 2.24) is 0 Å². The Balaban J connectivity index is 3.91. The highest BCUT2D eigenvalue weighted by Crippen LogP contribution is 2.21. The quantitative estimate of drug-likeness (QED) is 0.0211. The topological polar surface area (TPSA) is 108 Å². The van der Waals surface area contributed by atoms with E-state index in [4.69, 9.17) is 18.9 Å². The standard InChI is InChI=1S/C90H171NO8/c1-6-8-10-12-14-16-18-20-22-24-26-28-30-32-34-36-38-40-42-43-44-45-47-49-51-53-55-57-59-61-63-65-67-69-71-73-75-77-79-81-88(93)99-86(85-98-90(89(94)95)96-83-82-91(3,4)5)84-97-87(92)80-78-76-74-72-70-68-66-64-62-60-58-56-54-52-50-48-46-41-39-37-35-33-31-29-27-25-23-21-19-17-15-13-11-9-7-2/h18,20,24,26,30,32,86,90H,6-17,19,21-23,25,27-29,31,33-85H2,1-5H3/p+1/b20-18-,26-24-,32-30-. The van der Waals surface area contributed by atoms with Gasteiger partial charge in [-0.25, -0.2) is 4.79 Å². The van der Waals surface area contributed by atoms with Gasteiger partial charge in [0.2, 0.25) is 0 Å². The van der Waals surface area contributed by atoms with Gasteiger partial charge in [-0.3, -0.25) is 9.59 Å². The number of carbonyl (C=O) groups excluding carboxylic acids is 2. The molecule has 2 unspecified atom stereocenters. The predicted molar refractivity (Wildman–Crippen MR) is 429 cm³/mol. The van der Waals surface area contributed by atoms with E-state index in [1.54, 1.807) is 0 Å². The summed E-state index contributed by atoms with van der Waals surface area (Å²) in [4.78, 5) is 37.8. The number of aliphatic carboxylic acids is 1. The van der Waals surface area contributed by atoms with E-state index in [1.807, 2.05) is 21.1 Å². The average Bonchev–Trinajstić information content (AvgIpc) is 1.14. The molecule has 9 nitrogen and oxygen atoms in total. The highest BCUT2D eigenvalue weighted by Gasteiger charge is 2.25. The van der Waals surface area contributed by atoms with Crippen molar-refractivity contribution in [3.63, 3.8) is 0 Å². The zero-order valence-electron chi connectivity index (χ0n) is 67.2. The van der Waals surface area contributed by atoms with Gasteiger partial charge < -0.3 is 28.5 Å². The summed E-state index contributed by atoms with van der Waals surface area (Å²) < 4.78 is 23.1. The molecule has 584 valence electrons. The molecule has 0 saturated carbocycles. The lowest BCUT2D eigenvalue weighted by Crippen LogP contribution is -2.40. The van der Waals surface area contributed by atoms with E-state index in [0.717, 1.165) is 51.4 Å². The monoisotopic (exact) mass is 1400 g/mol. The van der Waals surface area contributed by atoms with Gasteiger partial charge in [0.1, 0.15) is 13.2 Å². The Hall–Kier alpha value is -2.49. The van der Waals surface area contributed by atoms with Crippen molar-refractivity contribution in [2.45, 2.75) is 476 Å². The van der Waals surface area contributed by atoms with Gasteiger partial charge >= 0.3 is 17.9 Å². The Kier molecular flexibility index (Phi) is 79.1. The third kappa shape index (κ3) is 82.7. The van der Waals surface area contributed by atoms with Crippen LogP contribution in [0.2, 0.25) is 0 Å². The summed E-state index contributed by atoms with van der Waals surface area (Å²) in [5.74, 6) is -1.96. The number of nitrogens with zero attached hydrogens (tertiary/aromatic N) is 1. The molecule has 0 aromatic carbocycles. The number of ether oxygens (including phenoxy) is 4. The Labute approximate surface area is 617 Å². The molecule has 0 fully saturated rings. The van der Waals surface area contributed by atoms with Crippen LogP contribution in [0, 0.1) is 0 Å². The first-order valence-electron chi connectivity index (χ1n) is 44.2. The second kappa shape index (κ2) is 81.2. The fourth-order valence-electron chi connectivity index (χ4n) is 13.7. The molecule has 0 aromatic rings. The summed E-state index contributed by atoms with van der Waals surface area (Å²) in [5, 5.41) is 9.79. The number of hydrogen-bond acceptors (Lipinski definition) is 7. The molecule has 0 spiro atoms. The Morgan fingerprint density at radius 2 is 0.545 bits per heavy atom. The molecule has 0 radical (unpaired) electrons. The Bertz CT molecular complexity index is 1720. The Morgan fingerprint density at radius 1 is 0.303 bits per heavy atom. The van der Waals surface area contributed by atoms with Crippen LogP contribution in [0.3, 0.4) is 0 Å². The number of hydrogen-bond donors (Lipinski definition) is 1. The highest BCUT2D eigenvalue weighted by atomic mass is 16.7. The molecule has 2 atom stereocenters. The van der Waals surface area contributed by atoms with Crippen molar-refractivity contribution in [2.75, 3.05) is 47.5 Å². The van der Waals surface area contributed by atoms with Gasteiger partial charge in [0.25, 0.3) is 6.29 Å². The largest absolute Gasteiger partial charge is 0.477 e. The number of quaternary nitrogens is 1. The summed E-state index contributed by atoms with van der Waals surface area (Å²) in [6, 6.07) is 0. The summed E-state index contributed by atoms with van der Waals surface area (Å²) in [7, 11) is 6.01. The van der Waals surface area contributed by atoms with E-state index in [2.05, 4.69) is 50.3 Å². The normalized spacial score (nSPS) is 12.7. The molecule has 0 aliphatic heterocycles. The maximum Gasteiger partial charge on any atom is 0.361 e. The van der Waals surface area contributed by atoms with Crippen molar-refractivity contribution >= 4 is 17.9 Å². The first kappa shape index (κ1) is 96.5. The molecular weight excluding hydrogens is 1220 g/mol. The van der Waals surface area contributed by atoms with Crippen LogP contribution in [-0.4, -0.2) is 87.4 Å². The van der Waals surface area contributed by atoms with Crippen LogP contribution in [0.25, 0.3) is 0 Å². The minimum atomic E-state index is -1.51. The van der Waals surface area contributed by atoms with Crippen LogP contribution in [0.5, 0.6) is 0 Å². The SMILES string of the molecule is CCCCCCC/C=C\C/C=C\C/C=C\CCCCCCCCCCCCCCCCCCCCCCCCCCC(=O)OC(COC(=O)CCCCCCCCCCCCCCCCCCCCCCCCCCCCCCCCCCCCC)COC(OCC[N+](C)(C)C)C(=O)O. The lowest BCUT2D eigenvalue weighted by atomic mass is 10.0. The first-order valence-corrected chi connectivity index (χ1v) is 44.2. The number of allylic oxidation sites excluding steroid dienone is 6. The molecule has 0 heterocycles. The van der Waals surface area contributed by atoms with Gasteiger partial charge in [0.15, 0.2) is 6.10 Å². The van der Waals surface area contributed by atoms with Gasteiger partial charge in [-0.15, -0.1) is 0 Å². The Morgan fingerprint density at radius 3 is 0.808 bits per heavy atom. The van der Waals surface area contributed by atoms with Crippen molar-refractivity contribution in [3.05, 3.63) is 36.5 Å². The zero-order valence-corrected chi connectivity index (χ0v) is 67.2. The summed E-state index contributed by atoms with van der Waals surface area (Å²) >= 11 is 0. The van der Waals surface area contributed by atoms with E-state index < -0.39 is 18.4 Å². The number of unbranched alkanes of at least 4 members (excludes halogenated alkanes) is 63. The van der Waals surface area contributed by atoms with E-state index in [-0.39, 0.29) is 38.2 Å². The zero-order chi connectivity index (χ0) is 71.8. The predicted octanol–water partition coefficient (Wildman–Crippen LogP) is 28.6. The van der Waals surface area contributed by atoms with Gasteiger partial charge in [-0.2, -0.15) is 0 Å². The average molecular weight is 1400 g/mol. The molecule has 0 amide bonds. The lowest BCUT2D eigenvalue weighted by Gasteiger charge is -2.25. The number of carbonyl (C=O) groups is 3. The molecule has 0 aliphatic rings. The van der Waals surface area contributed by atoms with Crippen LogP contribution in [-0.2, 0) is 33.3 Å². The van der Waals surface area contributed by atoms with E-state index >= 15 is 0 Å². The summed E-state index contributed by atoms with van der Waals surface area (Å²) in [6.45, 7) is 4.96. The van der Waals surface area contributed by atoms with Crippen LogP contribution in [0.15, 0.2) is 36.5 Å². The molecule has 0 rings (SSSR count). The second-order valence-electron chi connectivity index (χ2n) is 31.6. The minimum absolute atomic E-state index is 0.174. The molecule has 0 aromatic heterocycles. The van der Waals surface area contributed by atoms with Crippen molar-refractivity contribution < 1.29 is 42.9 Å². The highest BCUT2D eigenvalue weighted by molar-refractivity contribution is 5.71.